The molecular weight excluding hydrogens is 330 g/mol. The fourth-order valence-electron chi connectivity index (χ4n) is 2.93. The lowest BCUT2D eigenvalue weighted by Crippen LogP contribution is -2.33. The van der Waals surface area contributed by atoms with Crippen LogP contribution in [-0.2, 0) is 4.74 Å². The standard InChI is InChI=1S/C14H17N7O4/c1-5-6(2-17-20-5)12-18-11(15)8-13(19-12)21(4-16-8)14-10(24)9(23)7(3-22)25-14/h2,4,7,9-10,14,22-24H,3H2,1H3,(H,17,20)(H2,15,18,19)/t7-,9-,10-,14-/m1/s1. The van der Waals surface area contributed by atoms with Gasteiger partial charge in [-0.3, -0.25) is 9.67 Å². The zero-order valence-electron chi connectivity index (χ0n) is 13.2. The van der Waals surface area contributed by atoms with Gasteiger partial charge in [0.15, 0.2) is 23.5 Å². The number of aryl methyl sites for hydroxylation is 1. The van der Waals surface area contributed by atoms with Crippen molar-refractivity contribution in [2.45, 2.75) is 31.5 Å². The molecule has 6 N–H and O–H groups in total. The van der Waals surface area contributed by atoms with E-state index in [0.29, 0.717) is 22.6 Å². The number of aromatic amines is 1. The van der Waals surface area contributed by atoms with Crippen LogP contribution in [0.5, 0.6) is 0 Å². The highest BCUT2D eigenvalue weighted by molar-refractivity contribution is 5.84. The maximum atomic E-state index is 10.2. The van der Waals surface area contributed by atoms with Crippen LogP contribution in [0.4, 0.5) is 5.82 Å². The Bertz CT molecular complexity index is 923. The maximum Gasteiger partial charge on any atom is 0.168 e. The number of hydrogen-bond acceptors (Lipinski definition) is 9. The lowest BCUT2D eigenvalue weighted by atomic mass is 10.1. The minimum absolute atomic E-state index is 0.172. The van der Waals surface area contributed by atoms with Gasteiger partial charge in [-0.05, 0) is 6.92 Å². The lowest BCUT2D eigenvalue weighted by Gasteiger charge is -2.16. The molecule has 132 valence electrons. The average molecular weight is 347 g/mol. The van der Waals surface area contributed by atoms with E-state index in [2.05, 4.69) is 25.1 Å². The first-order chi connectivity index (χ1) is 12.0. The number of aliphatic hydroxyl groups is 3. The summed E-state index contributed by atoms with van der Waals surface area (Å²) in [6.07, 6.45) is -1.32. The van der Waals surface area contributed by atoms with E-state index in [1.54, 1.807) is 6.20 Å². The molecule has 11 heteroatoms. The number of ether oxygens (including phenoxy) is 1. The Morgan fingerprint density at radius 2 is 2.12 bits per heavy atom. The molecule has 0 aromatic carbocycles. The minimum Gasteiger partial charge on any atom is -0.394 e. The molecular formula is C14H17N7O4. The van der Waals surface area contributed by atoms with Gasteiger partial charge in [0.25, 0.3) is 0 Å². The number of anilines is 1. The summed E-state index contributed by atoms with van der Waals surface area (Å²) in [4.78, 5) is 12.9. The molecule has 1 fully saturated rings. The second-order valence-electron chi connectivity index (χ2n) is 5.89. The number of aliphatic hydroxyl groups excluding tert-OH is 3. The molecule has 1 aliphatic heterocycles. The quantitative estimate of drug-likeness (QED) is 0.387. The van der Waals surface area contributed by atoms with Gasteiger partial charge in [0.1, 0.15) is 23.8 Å². The molecule has 0 unspecified atom stereocenters. The molecule has 0 saturated carbocycles. The highest BCUT2D eigenvalue weighted by Gasteiger charge is 2.44. The van der Waals surface area contributed by atoms with Crippen molar-refractivity contribution in [3.63, 3.8) is 0 Å². The third kappa shape index (κ3) is 2.36. The number of fused-ring (bicyclic) bond motifs is 1. The Morgan fingerprint density at radius 1 is 1.32 bits per heavy atom. The van der Waals surface area contributed by atoms with Gasteiger partial charge in [-0.15, -0.1) is 0 Å². The molecule has 4 rings (SSSR count). The summed E-state index contributed by atoms with van der Waals surface area (Å²) in [7, 11) is 0. The molecule has 0 spiro atoms. The maximum absolute atomic E-state index is 10.2. The second kappa shape index (κ2) is 5.74. The summed E-state index contributed by atoms with van der Waals surface area (Å²) < 4.78 is 7.00. The van der Waals surface area contributed by atoms with Crippen LogP contribution in [0.2, 0.25) is 0 Å². The number of imidazole rings is 1. The highest BCUT2D eigenvalue weighted by Crippen LogP contribution is 2.32. The first-order valence-corrected chi connectivity index (χ1v) is 7.64. The van der Waals surface area contributed by atoms with Crippen LogP contribution in [0, 0.1) is 6.92 Å². The first-order valence-electron chi connectivity index (χ1n) is 7.64. The number of H-pyrrole nitrogens is 1. The molecule has 0 amide bonds. The van der Waals surface area contributed by atoms with Gasteiger partial charge in [-0.1, -0.05) is 0 Å². The Morgan fingerprint density at radius 3 is 2.76 bits per heavy atom. The van der Waals surface area contributed by atoms with E-state index in [4.69, 9.17) is 10.5 Å². The van der Waals surface area contributed by atoms with Gasteiger partial charge in [0.05, 0.1) is 24.7 Å². The van der Waals surface area contributed by atoms with Crippen LogP contribution in [0.15, 0.2) is 12.5 Å². The SMILES string of the molecule is Cc1[nH]ncc1-c1nc(N)c2ncn([C@@H]3O[C@H](CO)[C@@H](O)[C@H]3O)c2n1. The number of nitrogens with one attached hydrogen (secondary N) is 1. The highest BCUT2D eigenvalue weighted by atomic mass is 16.6. The van der Waals surface area contributed by atoms with Crippen LogP contribution in [-0.4, -0.2) is 70.0 Å². The molecule has 1 saturated heterocycles. The summed E-state index contributed by atoms with van der Waals surface area (Å²) in [5, 5.41) is 36.2. The van der Waals surface area contributed by atoms with Crippen LogP contribution in [0.1, 0.15) is 11.9 Å². The van der Waals surface area contributed by atoms with Crippen molar-refractivity contribution in [1.29, 1.82) is 0 Å². The van der Waals surface area contributed by atoms with Crippen molar-refractivity contribution in [3.05, 3.63) is 18.2 Å². The zero-order chi connectivity index (χ0) is 17.7. The van der Waals surface area contributed by atoms with Crippen LogP contribution in [0.25, 0.3) is 22.6 Å². The molecule has 4 atom stereocenters. The van der Waals surface area contributed by atoms with Crippen molar-refractivity contribution in [2.24, 2.45) is 0 Å². The second-order valence-corrected chi connectivity index (χ2v) is 5.89. The van der Waals surface area contributed by atoms with Crippen molar-refractivity contribution < 1.29 is 20.1 Å². The zero-order valence-corrected chi connectivity index (χ0v) is 13.2. The average Bonchev–Trinajstić information content (AvgIpc) is 3.27. The summed E-state index contributed by atoms with van der Waals surface area (Å²) in [5.74, 6) is 0.524. The Labute approximate surface area is 141 Å². The Hall–Kier alpha value is -2.60. The topological polar surface area (TPSA) is 168 Å². The van der Waals surface area contributed by atoms with Crippen LogP contribution < -0.4 is 5.73 Å². The number of rotatable bonds is 3. The molecule has 3 aromatic rings. The molecule has 0 aliphatic carbocycles. The number of nitrogen functional groups attached to an aromatic ring is 1. The van der Waals surface area contributed by atoms with Gasteiger partial charge >= 0.3 is 0 Å². The molecule has 11 nitrogen and oxygen atoms in total. The van der Waals surface area contributed by atoms with Crippen LogP contribution >= 0.6 is 0 Å². The third-order valence-corrected chi connectivity index (χ3v) is 4.31. The van der Waals surface area contributed by atoms with Gasteiger partial charge < -0.3 is 25.8 Å². The van der Waals surface area contributed by atoms with Crippen molar-refractivity contribution in [3.8, 4) is 11.4 Å². The van der Waals surface area contributed by atoms with E-state index in [-0.39, 0.29) is 5.82 Å². The van der Waals surface area contributed by atoms with Gasteiger partial charge in [-0.2, -0.15) is 5.10 Å². The molecule has 25 heavy (non-hydrogen) atoms. The summed E-state index contributed by atoms with van der Waals surface area (Å²) in [6, 6.07) is 0. The Kier molecular flexibility index (Phi) is 3.65. The molecule has 0 radical (unpaired) electrons. The van der Waals surface area contributed by atoms with E-state index < -0.39 is 31.1 Å². The summed E-state index contributed by atoms with van der Waals surface area (Å²) >= 11 is 0. The number of aromatic nitrogens is 6. The smallest absolute Gasteiger partial charge is 0.168 e. The normalized spacial score (nSPS) is 26.6. The molecule has 4 heterocycles. The fraction of sp³-hybridized carbons (Fsp3) is 0.429. The van der Waals surface area contributed by atoms with Crippen molar-refractivity contribution in [1.82, 2.24) is 29.7 Å². The van der Waals surface area contributed by atoms with E-state index in [1.165, 1.54) is 10.9 Å². The fourth-order valence-corrected chi connectivity index (χ4v) is 2.93. The summed E-state index contributed by atoms with van der Waals surface area (Å²) in [5.41, 5.74) is 8.14. The van der Waals surface area contributed by atoms with E-state index in [9.17, 15) is 15.3 Å². The minimum atomic E-state index is -1.25. The monoisotopic (exact) mass is 347 g/mol. The van der Waals surface area contributed by atoms with Gasteiger partial charge in [0.2, 0.25) is 0 Å². The Balaban J connectivity index is 1.84. The third-order valence-electron chi connectivity index (χ3n) is 4.31. The van der Waals surface area contributed by atoms with Gasteiger partial charge in [-0.25, -0.2) is 15.0 Å². The van der Waals surface area contributed by atoms with Crippen LogP contribution in [0.3, 0.4) is 0 Å². The molecule has 1 aliphatic rings. The van der Waals surface area contributed by atoms with E-state index >= 15 is 0 Å². The molecule has 0 bridgehead atoms. The summed E-state index contributed by atoms with van der Waals surface area (Å²) in [6.45, 7) is 1.41. The largest absolute Gasteiger partial charge is 0.394 e. The van der Waals surface area contributed by atoms with Crippen molar-refractivity contribution >= 4 is 17.0 Å². The number of nitrogens with two attached hydrogens (primary N) is 1. The molecule has 3 aromatic heterocycles. The predicted molar refractivity (Wildman–Crippen MR) is 85.1 cm³/mol. The lowest BCUT2D eigenvalue weighted by molar-refractivity contribution is -0.0511. The van der Waals surface area contributed by atoms with E-state index in [0.717, 1.165) is 5.69 Å². The number of nitrogens with zero attached hydrogens (tertiary/aromatic N) is 5. The van der Waals surface area contributed by atoms with E-state index in [1.807, 2.05) is 6.92 Å². The first kappa shape index (κ1) is 15.9. The number of hydrogen-bond donors (Lipinski definition) is 5. The van der Waals surface area contributed by atoms with Gasteiger partial charge in [0, 0.05) is 5.69 Å². The van der Waals surface area contributed by atoms with Crippen molar-refractivity contribution in [2.75, 3.05) is 12.3 Å². The predicted octanol–water partition coefficient (Wildman–Crippen LogP) is -1.28.